The number of hydrogen-bond acceptors (Lipinski definition) is 3. The van der Waals surface area contributed by atoms with E-state index in [4.69, 9.17) is 0 Å². The largest absolute Gasteiger partial charge is 0.416 e. The highest BCUT2D eigenvalue weighted by molar-refractivity contribution is 5.94. The van der Waals surface area contributed by atoms with E-state index in [1.165, 1.54) is 18.6 Å². The molecule has 2 aliphatic heterocycles. The van der Waals surface area contributed by atoms with E-state index in [9.17, 15) is 22.8 Å². The molecule has 1 aliphatic carbocycles. The minimum Gasteiger partial charge on any atom is -0.339 e. The molecule has 0 N–H and O–H groups in total. The number of rotatable bonds is 8. The smallest absolute Gasteiger partial charge is 0.339 e. The molecule has 8 heteroatoms. The third kappa shape index (κ3) is 6.96. The molecule has 5 nitrogen and oxygen atoms in total. The molecule has 2 amide bonds. The Morgan fingerprint density at radius 2 is 1.56 bits per heavy atom. The summed E-state index contributed by atoms with van der Waals surface area (Å²) in [5.74, 6) is -0.430. The zero-order valence-electron chi connectivity index (χ0n) is 24.1. The van der Waals surface area contributed by atoms with Gasteiger partial charge in [-0.3, -0.25) is 14.5 Å². The zero-order chi connectivity index (χ0) is 29.0. The van der Waals surface area contributed by atoms with Gasteiger partial charge in [-0.2, -0.15) is 13.2 Å². The summed E-state index contributed by atoms with van der Waals surface area (Å²) in [6.45, 7) is 6.97. The van der Waals surface area contributed by atoms with E-state index in [0.29, 0.717) is 42.7 Å². The molecule has 41 heavy (non-hydrogen) atoms. The van der Waals surface area contributed by atoms with Crippen LogP contribution in [0.2, 0.25) is 0 Å². The van der Waals surface area contributed by atoms with Crippen molar-refractivity contribution in [2.45, 2.75) is 76.9 Å². The Hall–Kier alpha value is -2.87. The predicted molar refractivity (Wildman–Crippen MR) is 155 cm³/mol. The summed E-state index contributed by atoms with van der Waals surface area (Å²) in [7, 11) is 0. The van der Waals surface area contributed by atoms with Crippen LogP contribution in [0.25, 0.3) is 11.1 Å². The first-order valence-electron chi connectivity index (χ1n) is 15.4. The number of likely N-dealkylation sites (tertiary alicyclic amines) is 1. The molecule has 1 saturated carbocycles. The minimum absolute atomic E-state index is 0.0109. The van der Waals surface area contributed by atoms with Crippen molar-refractivity contribution in [3.8, 4) is 11.1 Å². The number of amides is 2. The van der Waals surface area contributed by atoms with Gasteiger partial charge in [-0.05, 0) is 73.5 Å². The summed E-state index contributed by atoms with van der Waals surface area (Å²) in [4.78, 5) is 32.3. The van der Waals surface area contributed by atoms with Crippen LogP contribution < -0.4 is 0 Å². The van der Waals surface area contributed by atoms with Crippen molar-refractivity contribution < 1.29 is 22.8 Å². The van der Waals surface area contributed by atoms with Crippen LogP contribution in [-0.4, -0.2) is 71.8 Å². The van der Waals surface area contributed by atoms with Gasteiger partial charge in [-0.15, -0.1) is 0 Å². The van der Waals surface area contributed by atoms with Gasteiger partial charge in [0.2, 0.25) is 5.91 Å². The molecule has 1 atom stereocenters. The third-order valence-electron chi connectivity index (χ3n) is 9.20. The van der Waals surface area contributed by atoms with Crippen LogP contribution in [-0.2, 0) is 17.4 Å². The maximum absolute atomic E-state index is 14.2. The lowest BCUT2D eigenvalue weighted by Gasteiger charge is -2.34. The van der Waals surface area contributed by atoms with Gasteiger partial charge in [0.1, 0.15) is 0 Å². The van der Waals surface area contributed by atoms with Gasteiger partial charge in [-0.25, -0.2) is 0 Å². The number of unbranched alkanes of at least 4 members (excludes halogenated alkanes) is 1. The van der Waals surface area contributed by atoms with E-state index in [0.717, 1.165) is 58.2 Å². The van der Waals surface area contributed by atoms with E-state index in [1.807, 2.05) is 9.80 Å². The fourth-order valence-corrected chi connectivity index (χ4v) is 6.72. The Bertz CT molecular complexity index is 1200. The van der Waals surface area contributed by atoms with E-state index in [2.05, 4.69) is 11.8 Å². The van der Waals surface area contributed by atoms with Crippen molar-refractivity contribution in [1.29, 1.82) is 0 Å². The Morgan fingerprint density at radius 3 is 2.22 bits per heavy atom. The standard InChI is InChI=1S/C33H42F3N3O2/c1-2-3-16-37-18-20-38(21-19-37)31(40)25-11-9-24(10-12-25)26-13-14-27(30(23-26)33(34,35)36)22-28-15-17-39(32(28)41)29-7-5-4-6-8-29/h9-14,23,28-29H,2-8,15-22H2,1H3. The van der Waals surface area contributed by atoms with Crippen molar-refractivity contribution in [3.63, 3.8) is 0 Å². The van der Waals surface area contributed by atoms with Crippen molar-refractivity contribution in [2.75, 3.05) is 39.3 Å². The predicted octanol–water partition coefficient (Wildman–Crippen LogP) is 6.65. The fourth-order valence-electron chi connectivity index (χ4n) is 6.72. The number of halogens is 3. The molecule has 0 bridgehead atoms. The van der Waals surface area contributed by atoms with Gasteiger partial charge < -0.3 is 9.80 Å². The first-order chi connectivity index (χ1) is 19.7. The summed E-state index contributed by atoms with van der Waals surface area (Å²) in [5.41, 5.74) is 1.12. The van der Waals surface area contributed by atoms with Crippen LogP contribution in [0.1, 0.15) is 79.8 Å². The molecule has 222 valence electrons. The molecule has 2 aromatic carbocycles. The minimum atomic E-state index is -4.52. The molecule has 3 fully saturated rings. The summed E-state index contributed by atoms with van der Waals surface area (Å²) in [6, 6.07) is 11.5. The third-order valence-corrected chi connectivity index (χ3v) is 9.20. The number of benzene rings is 2. The van der Waals surface area contributed by atoms with E-state index in [1.54, 1.807) is 30.3 Å². The second-order valence-corrected chi connectivity index (χ2v) is 11.9. The fraction of sp³-hybridized carbons (Fsp3) is 0.576. The lowest BCUT2D eigenvalue weighted by atomic mass is 9.91. The SMILES string of the molecule is CCCCN1CCN(C(=O)c2ccc(-c3ccc(CC4CCN(C5CCCCC5)C4=O)c(C(F)(F)F)c3)cc2)CC1. The van der Waals surface area contributed by atoms with Crippen LogP contribution in [0.15, 0.2) is 42.5 Å². The average Bonchev–Trinajstić information content (AvgIpc) is 3.35. The Kier molecular flexibility index (Phi) is 9.37. The van der Waals surface area contributed by atoms with Gasteiger partial charge in [-0.1, -0.05) is 56.9 Å². The average molecular weight is 570 g/mol. The molecule has 2 aromatic rings. The Balaban J connectivity index is 1.26. The van der Waals surface area contributed by atoms with E-state index in [-0.39, 0.29) is 29.8 Å². The Labute approximate surface area is 241 Å². The Morgan fingerprint density at radius 1 is 0.878 bits per heavy atom. The van der Waals surface area contributed by atoms with Crippen LogP contribution in [0.5, 0.6) is 0 Å². The van der Waals surface area contributed by atoms with E-state index < -0.39 is 17.7 Å². The molecular weight excluding hydrogens is 527 g/mol. The molecule has 0 aromatic heterocycles. The van der Waals surface area contributed by atoms with Gasteiger partial charge in [0, 0.05) is 50.2 Å². The van der Waals surface area contributed by atoms with Gasteiger partial charge in [0.05, 0.1) is 5.56 Å². The quantitative estimate of drug-likeness (QED) is 0.357. The molecule has 1 unspecified atom stereocenters. The number of nitrogens with zero attached hydrogens (tertiary/aromatic N) is 3. The molecule has 3 aliphatic rings. The maximum Gasteiger partial charge on any atom is 0.416 e. The summed E-state index contributed by atoms with van der Waals surface area (Å²) in [5, 5.41) is 0. The number of carbonyl (C=O) groups is 2. The number of carbonyl (C=O) groups excluding carboxylic acids is 2. The maximum atomic E-state index is 14.2. The summed E-state index contributed by atoms with van der Waals surface area (Å²) < 4.78 is 42.6. The topological polar surface area (TPSA) is 43.9 Å². The summed E-state index contributed by atoms with van der Waals surface area (Å²) >= 11 is 0. The lowest BCUT2D eigenvalue weighted by Crippen LogP contribution is -2.48. The molecule has 0 radical (unpaired) electrons. The second kappa shape index (κ2) is 13.0. The first-order valence-corrected chi connectivity index (χ1v) is 15.4. The molecule has 2 heterocycles. The van der Waals surface area contributed by atoms with Gasteiger partial charge in [0.25, 0.3) is 5.91 Å². The number of hydrogen-bond donors (Lipinski definition) is 0. The van der Waals surface area contributed by atoms with E-state index >= 15 is 0 Å². The van der Waals surface area contributed by atoms with Crippen molar-refractivity contribution in [1.82, 2.24) is 14.7 Å². The van der Waals surface area contributed by atoms with Crippen LogP contribution >= 0.6 is 0 Å². The van der Waals surface area contributed by atoms with Crippen LogP contribution in [0.4, 0.5) is 13.2 Å². The summed E-state index contributed by atoms with van der Waals surface area (Å²) in [6.07, 6.45) is 3.93. The number of alkyl halides is 3. The van der Waals surface area contributed by atoms with Crippen LogP contribution in [0, 0.1) is 5.92 Å². The molecular formula is C33H42F3N3O2. The van der Waals surface area contributed by atoms with Crippen LogP contribution in [0.3, 0.4) is 0 Å². The second-order valence-electron chi connectivity index (χ2n) is 11.9. The highest BCUT2D eigenvalue weighted by Gasteiger charge is 2.39. The van der Waals surface area contributed by atoms with Crippen molar-refractivity contribution in [2.24, 2.45) is 5.92 Å². The highest BCUT2D eigenvalue weighted by atomic mass is 19.4. The van der Waals surface area contributed by atoms with Crippen molar-refractivity contribution >= 4 is 11.8 Å². The zero-order valence-corrected chi connectivity index (χ0v) is 24.1. The normalized spacial score (nSPS) is 21.1. The molecule has 5 rings (SSSR count). The lowest BCUT2D eigenvalue weighted by molar-refractivity contribution is -0.139. The first kappa shape index (κ1) is 29.6. The van der Waals surface area contributed by atoms with Gasteiger partial charge >= 0.3 is 6.18 Å². The number of piperazine rings is 1. The van der Waals surface area contributed by atoms with Gasteiger partial charge in [0.15, 0.2) is 0 Å². The molecule has 2 saturated heterocycles. The highest BCUT2D eigenvalue weighted by Crippen LogP contribution is 2.38. The van der Waals surface area contributed by atoms with Crippen molar-refractivity contribution in [3.05, 3.63) is 59.2 Å². The molecule has 0 spiro atoms. The monoisotopic (exact) mass is 569 g/mol.